The summed E-state index contributed by atoms with van der Waals surface area (Å²) in [5.74, 6) is -1.99. The predicted octanol–water partition coefficient (Wildman–Crippen LogP) is 9.98. The van der Waals surface area contributed by atoms with E-state index in [1.165, 1.54) is 32.1 Å². The highest BCUT2D eigenvalue weighted by Crippen LogP contribution is 2.30. The first-order valence-corrected chi connectivity index (χ1v) is 13.7. The molecule has 0 saturated heterocycles. The summed E-state index contributed by atoms with van der Waals surface area (Å²) in [7, 11) is 0. The summed E-state index contributed by atoms with van der Waals surface area (Å²) >= 11 is 0. The third-order valence-corrected chi connectivity index (χ3v) is 6.05. The van der Waals surface area contributed by atoms with Gasteiger partial charge in [0.05, 0.1) is 24.6 Å². The maximum atomic E-state index is 14.4. The Hall–Kier alpha value is -3.86. The lowest BCUT2D eigenvalue weighted by Gasteiger charge is -2.10. The van der Waals surface area contributed by atoms with Crippen molar-refractivity contribution in [3.8, 4) is 23.3 Å². The van der Waals surface area contributed by atoms with Gasteiger partial charge in [-0.2, -0.15) is 19.0 Å². The van der Waals surface area contributed by atoms with Crippen molar-refractivity contribution in [2.45, 2.75) is 65.2 Å². The molecule has 3 aromatic carbocycles. The summed E-state index contributed by atoms with van der Waals surface area (Å²) in [5, 5.41) is 8.37. The van der Waals surface area contributed by atoms with Crippen LogP contribution in [0.3, 0.4) is 0 Å². The van der Waals surface area contributed by atoms with Crippen LogP contribution in [-0.2, 0) is 0 Å². The fourth-order valence-electron chi connectivity index (χ4n) is 3.71. The Morgan fingerprint density at radius 2 is 1.10 bits per heavy atom. The third kappa shape index (κ3) is 9.11. The minimum atomic E-state index is -1.60. The zero-order chi connectivity index (χ0) is 28.7. The van der Waals surface area contributed by atoms with Crippen LogP contribution in [-0.4, -0.2) is 13.2 Å². The van der Waals surface area contributed by atoms with Crippen molar-refractivity contribution in [3.63, 3.8) is 0 Å². The molecule has 8 heteroatoms. The van der Waals surface area contributed by atoms with Crippen LogP contribution in [0.15, 0.2) is 58.8 Å². The molecule has 0 aliphatic heterocycles. The Labute approximate surface area is 233 Å². The molecule has 0 bridgehead atoms. The number of rotatable bonds is 14. The van der Waals surface area contributed by atoms with Gasteiger partial charge in [-0.3, -0.25) is 0 Å². The van der Waals surface area contributed by atoms with E-state index in [-0.39, 0.29) is 6.61 Å². The van der Waals surface area contributed by atoms with Gasteiger partial charge in [-0.1, -0.05) is 64.2 Å². The van der Waals surface area contributed by atoms with E-state index in [0.717, 1.165) is 12.2 Å². The van der Waals surface area contributed by atoms with Gasteiger partial charge in [-0.25, -0.2) is 8.78 Å². The molecule has 0 heterocycles. The van der Waals surface area contributed by atoms with Gasteiger partial charge in [0.1, 0.15) is 11.3 Å². The monoisotopic (exact) mass is 554 g/mol. The number of halogens is 4. The first kappa shape index (κ1) is 30.7. The van der Waals surface area contributed by atoms with Gasteiger partial charge in [0, 0.05) is 5.56 Å². The average Bonchev–Trinajstić information content (AvgIpc) is 2.97. The molecule has 0 amide bonds. The molecule has 0 radical (unpaired) electrons. The number of benzene rings is 3. The zero-order valence-electron chi connectivity index (χ0n) is 22.9. The summed E-state index contributed by atoms with van der Waals surface area (Å²) < 4.78 is 68.0. The number of azo groups is 1. The molecule has 0 fully saturated rings. The highest BCUT2D eigenvalue weighted by atomic mass is 19.2. The molecule has 0 spiro atoms. The maximum Gasteiger partial charge on any atom is 0.205 e. The molecule has 0 N–H and O–H groups in total. The van der Waals surface area contributed by atoms with Crippen molar-refractivity contribution in [2.24, 2.45) is 10.2 Å². The number of nitrogens with zero attached hydrogens (tertiary/aromatic N) is 2. The molecule has 212 valence electrons. The SMILES string of the molecule is CCCCCCCCOc1ccc(N=Nc2ccc(C#Cc3c(F)c(F)c(OCCCC)c(F)c3F)cc2)cc1. The quantitative estimate of drug-likeness (QED) is 0.0654. The Morgan fingerprint density at radius 1 is 0.575 bits per heavy atom. The van der Waals surface area contributed by atoms with E-state index in [4.69, 9.17) is 9.47 Å². The highest BCUT2D eigenvalue weighted by molar-refractivity contribution is 5.50. The van der Waals surface area contributed by atoms with Gasteiger partial charge in [0.15, 0.2) is 17.4 Å². The number of hydrogen-bond acceptors (Lipinski definition) is 4. The molecule has 3 rings (SSSR count). The summed E-state index contributed by atoms with van der Waals surface area (Å²) in [5.41, 5.74) is 0.541. The fraction of sp³-hybridized carbons (Fsp3) is 0.375. The van der Waals surface area contributed by atoms with Gasteiger partial charge < -0.3 is 9.47 Å². The number of hydrogen-bond donors (Lipinski definition) is 0. The molecule has 0 unspecified atom stereocenters. The lowest BCUT2D eigenvalue weighted by Crippen LogP contribution is -2.07. The number of ether oxygens (including phenoxy) is 2. The van der Waals surface area contributed by atoms with Crippen LogP contribution in [0, 0.1) is 35.1 Å². The molecule has 40 heavy (non-hydrogen) atoms. The van der Waals surface area contributed by atoms with Crippen molar-refractivity contribution in [1.82, 2.24) is 0 Å². The fourth-order valence-corrected chi connectivity index (χ4v) is 3.71. The normalized spacial score (nSPS) is 10.9. The summed E-state index contributed by atoms with van der Waals surface area (Å²) in [6, 6.07) is 13.7. The first-order chi connectivity index (χ1) is 19.4. The molecular formula is C32H34F4N2O2. The van der Waals surface area contributed by atoms with Gasteiger partial charge >= 0.3 is 0 Å². The van der Waals surface area contributed by atoms with E-state index in [1.807, 2.05) is 19.1 Å². The van der Waals surface area contributed by atoms with E-state index >= 15 is 0 Å². The van der Waals surface area contributed by atoms with Crippen LogP contribution in [0.5, 0.6) is 11.5 Å². The Morgan fingerprint density at radius 3 is 1.70 bits per heavy atom. The summed E-state index contributed by atoms with van der Waals surface area (Å²) in [4.78, 5) is 0. The Kier molecular flexibility index (Phi) is 12.5. The zero-order valence-corrected chi connectivity index (χ0v) is 22.9. The summed E-state index contributed by atoms with van der Waals surface area (Å²) in [6.45, 7) is 4.68. The standard InChI is InChI=1S/C32H34F4N2O2/c1-3-5-7-8-9-10-22-39-26-18-16-25(17-19-26)38-37-24-14-11-23(12-15-24)13-20-27-28(33)30(35)32(31(36)29(27)34)40-21-6-4-2/h11-12,14-19H,3-10,21-22H2,1-2H3. The van der Waals surface area contributed by atoms with Gasteiger partial charge in [0.2, 0.25) is 11.6 Å². The van der Waals surface area contributed by atoms with Crippen LogP contribution in [0.4, 0.5) is 28.9 Å². The average molecular weight is 555 g/mol. The van der Waals surface area contributed by atoms with Crippen LogP contribution in [0.2, 0.25) is 0 Å². The molecule has 0 aliphatic rings. The van der Waals surface area contributed by atoms with E-state index in [1.54, 1.807) is 36.4 Å². The molecule has 4 nitrogen and oxygen atoms in total. The van der Waals surface area contributed by atoms with Crippen molar-refractivity contribution in [1.29, 1.82) is 0 Å². The van der Waals surface area contributed by atoms with Gasteiger partial charge in [-0.15, -0.1) is 0 Å². The maximum absolute atomic E-state index is 14.4. The Balaban J connectivity index is 1.57. The van der Waals surface area contributed by atoms with E-state index < -0.39 is 34.6 Å². The minimum Gasteiger partial charge on any atom is -0.494 e. The molecular weight excluding hydrogens is 520 g/mol. The van der Waals surface area contributed by atoms with Crippen LogP contribution in [0.25, 0.3) is 0 Å². The Bertz CT molecular complexity index is 1280. The van der Waals surface area contributed by atoms with Crippen molar-refractivity contribution < 1.29 is 27.0 Å². The second kappa shape index (κ2) is 16.3. The van der Waals surface area contributed by atoms with E-state index in [0.29, 0.717) is 36.4 Å². The number of unbranched alkanes of at least 4 members (excludes halogenated alkanes) is 6. The largest absolute Gasteiger partial charge is 0.494 e. The second-order valence-corrected chi connectivity index (χ2v) is 9.27. The van der Waals surface area contributed by atoms with E-state index in [2.05, 4.69) is 29.0 Å². The van der Waals surface area contributed by atoms with Crippen LogP contribution >= 0.6 is 0 Å². The highest BCUT2D eigenvalue weighted by Gasteiger charge is 2.25. The van der Waals surface area contributed by atoms with E-state index in [9.17, 15) is 17.6 Å². The minimum absolute atomic E-state index is 0.0586. The smallest absolute Gasteiger partial charge is 0.205 e. The lowest BCUT2D eigenvalue weighted by molar-refractivity contribution is 0.266. The predicted molar refractivity (Wildman–Crippen MR) is 149 cm³/mol. The molecule has 0 aromatic heterocycles. The third-order valence-electron chi connectivity index (χ3n) is 6.05. The second-order valence-electron chi connectivity index (χ2n) is 9.27. The van der Waals surface area contributed by atoms with Gasteiger partial charge in [0.25, 0.3) is 0 Å². The first-order valence-electron chi connectivity index (χ1n) is 13.7. The van der Waals surface area contributed by atoms with Crippen molar-refractivity contribution in [2.75, 3.05) is 13.2 Å². The van der Waals surface area contributed by atoms with Crippen molar-refractivity contribution in [3.05, 3.63) is 82.9 Å². The molecule has 0 saturated carbocycles. The van der Waals surface area contributed by atoms with Crippen molar-refractivity contribution >= 4 is 11.4 Å². The van der Waals surface area contributed by atoms with Crippen LogP contribution < -0.4 is 9.47 Å². The molecule has 0 aliphatic carbocycles. The lowest BCUT2D eigenvalue weighted by atomic mass is 10.1. The van der Waals surface area contributed by atoms with Gasteiger partial charge in [-0.05, 0) is 61.4 Å². The van der Waals surface area contributed by atoms with Crippen LogP contribution in [0.1, 0.15) is 76.3 Å². The molecule has 3 aromatic rings. The summed E-state index contributed by atoms with van der Waals surface area (Å²) in [6.07, 6.45) is 8.42. The molecule has 0 atom stereocenters. The topological polar surface area (TPSA) is 43.2 Å².